The predicted molar refractivity (Wildman–Crippen MR) is 95.0 cm³/mol. The summed E-state index contributed by atoms with van der Waals surface area (Å²) in [7, 11) is 1.61. The van der Waals surface area contributed by atoms with Crippen LogP contribution < -0.4 is 4.74 Å². The Kier molecular flexibility index (Phi) is 5.11. The number of carbonyl (C=O) groups excluding carboxylic acids is 1. The molecular formula is C18H16BrClFNO2. The van der Waals surface area contributed by atoms with Crippen LogP contribution in [0.25, 0.3) is 0 Å². The van der Waals surface area contributed by atoms with Crippen LogP contribution in [0.1, 0.15) is 28.8 Å². The van der Waals surface area contributed by atoms with Crippen molar-refractivity contribution < 1.29 is 13.9 Å². The summed E-state index contributed by atoms with van der Waals surface area (Å²) in [5, 5.41) is 0.319. The third-order valence-electron chi connectivity index (χ3n) is 4.02. The molecule has 3 nitrogen and oxygen atoms in total. The largest absolute Gasteiger partial charge is 0.497 e. The number of carbonyl (C=O) groups is 1. The maximum absolute atomic E-state index is 14.2. The quantitative estimate of drug-likeness (QED) is 0.643. The molecule has 1 aliphatic rings. The Morgan fingerprint density at radius 3 is 2.54 bits per heavy atom. The number of hydrogen-bond donors (Lipinski definition) is 0. The lowest BCUT2D eigenvalue weighted by atomic mass is 10.1. The molecule has 0 aliphatic heterocycles. The van der Waals surface area contributed by atoms with Gasteiger partial charge in [-0.05, 0) is 58.6 Å². The fourth-order valence-electron chi connectivity index (χ4n) is 2.55. The molecule has 1 amide bonds. The lowest BCUT2D eigenvalue weighted by Gasteiger charge is -2.24. The minimum atomic E-state index is -0.573. The molecule has 6 heteroatoms. The first kappa shape index (κ1) is 17.2. The van der Waals surface area contributed by atoms with Crippen molar-refractivity contribution in [1.29, 1.82) is 0 Å². The van der Waals surface area contributed by atoms with E-state index >= 15 is 0 Å². The van der Waals surface area contributed by atoms with E-state index in [2.05, 4.69) is 15.9 Å². The Labute approximate surface area is 153 Å². The van der Waals surface area contributed by atoms with Crippen molar-refractivity contribution in [2.45, 2.75) is 25.4 Å². The van der Waals surface area contributed by atoms with Crippen LogP contribution >= 0.6 is 27.5 Å². The topological polar surface area (TPSA) is 29.5 Å². The van der Waals surface area contributed by atoms with E-state index in [-0.39, 0.29) is 17.5 Å². The van der Waals surface area contributed by atoms with Crippen molar-refractivity contribution in [3.63, 3.8) is 0 Å². The highest BCUT2D eigenvalue weighted by Crippen LogP contribution is 2.34. The normalized spacial score (nSPS) is 13.7. The molecule has 1 aliphatic carbocycles. The Morgan fingerprint density at radius 2 is 1.96 bits per heavy atom. The van der Waals surface area contributed by atoms with Crippen LogP contribution in [0, 0.1) is 5.82 Å². The van der Waals surface area contributed by atoms with E-state index in [1.807, 2.05) is 24.3 Å². The average molecular weight is 413 g/mol. The zero-order chi connectivity index (χ0) is 17.3. The molecule has 0 spiro atoms. The molecule has 2 aromatic rings. The van der Waals surface area contributed by atoms with Crippen molar-refractivity contribution in [2.24, 2.45) is 0 Å². The maximum atomic E-state index is 14.2. The minimum Gasteiger partial charge on any atom is -0.497 e. The number of hydrogen-bond acceptors (Lipinski definition) is 2. The van der Waals surface area contributed by atoms with Gasteiger partial charge < -0.3 is 9.64 Å². The van der Waals surface area contributed by atoms with Crippen molar-refractivity contribution in [3.8, 4) is 5.75 Å². The van der Waals surface area contributed by atoms with Gasteiger partial charge in [-0.2, -0.15) is 0 Å². The van der Waals surface area contributed by atoms with E-state index in [0.717, 1.165) is 24.2 Å². The highest BCUT2D eigenvalue weighted by atomic mass is 79.9. The number of nitrogens with zero attached hydrogens (tertiary/aromatic N) is 1. The Hall–Kier alpha value is -1.59. The standard InChI is InChI=1S/C18H16BrClFNO2/c1-24-13-6-2-11(3-7-13)10-22(12-4-5-12)18(23)16-15(21)9-8-14(20)17(16)19/h2-3,6-9,12H,4-5,10H2,1H3. The summed E-state index contributed by atoms with van der Waals surface area (Å²) in [6, 6.07) is 10.3. The lowest BCUT2D eigenvalue weighted by Crippen LogP contribution is -2.33. The second-order valence-corrected chi connectivity index (χ2v) is 6.93. The van der Waals surface area contributed by atoms with Gasteiger partial charge >= 0.3 is 0 Å². The van der Waals surface area contributed by atoms with E-state index in [4.69, 9.17) is 16.3 Å². The van der Waals surface area contributed by atoms with Gasteiger partial charge in [0, 0.05) is 12.6 Å². The highest BCUT2D eigenvalue weighted by molar-refractivity contribution is 9.10. The molecule has 0 heterocycles. The third-order valence-corrected chi connectivity index (χ3v) is 5.39. The van der Waals surface area contributed by atoms with Crippen molar-refractivity contribution in [2.75, 3.05) is 7.11 Å². The van der Waals surface area contributed by atoms with Gasteiger partial charge in [-0.15, -0.1) is 0 Å². The number of methoxy groups -OCH3 is 1. The molecular weight excluding hydrogens is 397 g/mol. The summed E-state index contributed by atoms with van der Waals surface area (Å²) in [5.74, 6) is -0.163. The van der Waals surface area contributed by atoms with Gasteiger partial charge in [0.05, 0.1) is 22.2 Å². The first-order chi connectivity index (χ1) is 11.5. The highest BCUT2D eigenvalue weighted by Gasteiger charge is 2.35. The van der Waals surface area contributed by atoms with E-state index in [9.17, 15) is 9.18 Å². The van der Waals surface area contributed by atoms with Gasteiger partial charge in [-0.1, -0.05) is 23.7 Å². The van der Waals surface area contributed by atoms with E-state index in [0.29, 0.717) is 16.0 Å². The van der Waals surface area contributed by atoms with Crippen LogP contribution in [-0.4, -0.2) is 24.0 Å². The van der Waals surface area contributed by atoms with Crippen LogP contribution in [0.15, 0.2) is 40.9 Å². The number of rotatable bonds is 5. The monoisotopic (exact) mass is 411 g/mol. The van der Waals surface area contributed by atoms with Crippen molar-refractivity contribution >= 4 is 33.4 Å². The molecule has 2 aromatic carbocycles. The Balaban J connectivity index is 1.88. The zero-order valence-electron chi connectivity index (χ0n) is 13.1. The van der Waals surface area contributed by atoms with Crippen molar-refractivity contribution in [3.05, 3.63) is 62.8 Å². The summed E-state index contributed by atoms with van der Waals surface area (Å²) in [4.78, 5) is 14.6. The number of benzene rings is 2. The lowest BCUT2D eigenvalue weighted by molar-refractivity contribution is 0.0724. The fourth-order valence-corrected chi connectivity index (χ4v) is 3.20. The molecule has 0 radical (unpaired) electrons. The molecule has 0 saturated heterocycles. The van der Waals surface area contributed by atoms with Gasteiger partial charge in [0.15, 0.2) is 0 Å². The zero-order valence-corrected chi connectivity index (χ0v) is 15.4. The van der Waals surface area contributed by atoms with Gasteiger partial charge in [0.25, 0.3) is 5.91 Å². The molecule has 0 atom stereocenters. The fraction of sp³-hybridized carbons (Fsp3) is 0.278. The van der Waals surface area contributed by atoms with Crippen LogP contribution in [0.4, 0.5) is 4.39 Å². The Morgan fingerprint density at radius 1 is 1.29 bits per heavy atom. The summed E-state index contributed by atoms with van der Waals surface area (Å²) < 4.78 is 19.7. The summed E-state index contributed by atoms with van der Waals surface area (Å²) >= 11 is 9.26. The maximum Gasteiger partial charge on any atom is 0.258 e. The number of ether oxygens (including phenoxy) is 1. The first-order valence-electron chi connectivity index (χ1n) is 7.58. The summed E-state index contributed by atoms with van der Waals surface area (Å²) in [6.07, 6.45) is 1.86. The molecule has 0 aromatic heterocycles. The Bertz CT molecular complexity index is 762. The van der Waals surface area contributed by atoms with Gasteiger partial charge in [0.2, 0.25) is 0 Å². The molecule has 3 rings (SSSR count). The molecule has 126 valence electrons. The number of amides is 1. The molecule has 0 unspecified atom stereocenters. The van der Waals surface area contributed by atoms with Gasteiger partial charge in [0.1, 0.15) is 11.6 Å². The van der Waals surface area contributed by atoms with Gasteiger partial charge in [-0.3, -0.25) is 4.79 Å². The van der Waals surface area contributed by atoms with E-state index < -0.39 is 5.82 Å². The smallest absolute Gasteiger partial charge is 0.258 e. The SMILES string of the molecule is COc1ccc(CN(C(=O)c2c(F)ccc(Cl)c2Br)C2CC2)cc1. The molecule has 0 bridgehead atoms. The van der Waals surface area contributed by atoms with E-state index in [1.54, 1.807) is 12.0 Å². The summed E-state index contributed by atoms with van der Waals surface area (Å²) in [5.41, 5.74) is 0.956. The minimum absolute atomic E-state index is 0.0112. The predicted octanol–water partition coefficient (Wildman–Crippen LogP) is 5.06. The first-order valence-corrected chi connectivity index (χ1v) is 8.75. The second-order valence-electron chi connectivity index (χ2n) is 5.73. The van der Waals surface area contributed by atoms with Crippen molar-refractivity contribution in [1.82, 2.24) is 4.90 Å². The molecule has 0 N–H and O–H groups in total. The van der Waals surface area contributed by atoms with Crippen LogP contribution in [0.5, 0.6) is 5.75 Å². The molecule has 24 heavy (non-hydrogen) atoms. The molecule has 1 saturated carbocycles. The van der Waals surface area contributed by atoms with Gasteiger partial charge in [-0.25, -0.2) is 4.39 Å². The summed E-state index contributed by atoms with van der Waals surface area (Å²) in [6.45, 7) is 0.423. The van der Waals surface area contributed by atoms with Crippen LogP contribution in [-0.2, 0) is 6.54 Å². The van der Waals surface area contributed by atoms with E-state index in [1.165, 1.54) is 12.1 Å². The van der Waals surface area contributed by atoms with Crippen LogP contribution in [0.3, 0.4) is 0 Å². The average Bonchev–Trinajstić information content (AvgIpc) is 3.41. The number of halogens is 3. The second kappa shape index (κ2) is 7.11. The van der Waals surface area contributed by atoms with Crippen LogP contribution in [0.2, 0.25) is 5.02 Å². The molecule has 1 fully saturated rings. The third kappa shape index (κ3) is 3.57.